The first-order valence-corrected chi connectivity index (χ1v) is 10.1. The summed E-state index contributed by atoms with van der Waals surface area (Å²) in [6.45, 7) is 16.9. The summed E-state index contributed by atoms with van der Waals surface area (Å²) >= 11 is 0. The molecule has 1 heterocycles. The molecule has 0 aromatic heterocycles. The van der Waals surface area contributed by atoms with Gasteiger partial charge in [-0.1, -0.05) is 97.1 Å². The van der Waals surface area contributed by atoms with Crippen LogP contribution in [0, 0.1) is 0 Å². The van der Waals surface area contributed by atoms with E-state index in [2.05, 4.69) is 114 Å². The Labute approximate surface area is 174 Å². The summed E-state index contributed by atoms with van der Waals surface area (Å²) in [5.41, 5.74) is 7.79. The maximum Gasteiger partial charge on any atom is 0.146 e. The SMILES string of the molecule is C=C(C)c1ccccc1C1(c2ccccc2C(=C)C)OC(C)(C)c2ccccc21. The van der Waals surface area contributed by atoms with E-state index in [-0.39, 0.29) is 0 Å². The first-order chi connectivity index (χ1) is 13.8. The summed E-state index contributed by atoms with van der Waals surface area (Å²) in [5.74, 6) is 0. The Morgan fingerprint density at radius 3 is 1.45 bits per heavy atom. The van der Waals surface area contributed by atoms with E-state index in [1.54, 1.807) is 0 Å². The molecule has 0 atom stereocenters. The summed E-state index contributed by atoms with van der Waals surface area (Å²) < 4.78 is 7.08. The van der Waals surface area contributed by atoms with Crippen LogP contribution in [0.25, 0.3) is 11.1 Å². The second-order valence-electron chi connectivity index (χ2n) is 8.49. The van der Waals surface area contributed by atoms with Crippen molar-refractivity contribution in [2.24, 2.45) is 0 Å². The van der Waals surface area contributed by atoms with Gasteiger partial charge in [0.15, 0.2) is 0 Å². The highest BCUT2D eigenvalue weighted by molar-refractivity contribution is 5.74. The molecule has 1 aliphatic heterocycles. The number of allylic oxidation sites excluding steroid dienone is 2. The van der Waals surface area contributed by atoms with Crippen LogP contribution in [-0.2, 0) is 15.9 Å². The highest BCUT2D eigenvalue weighted by atomic mass is 16.5. The predicted molar refractivity (Wildman–Crippen MR) is 123 cm³/mol. The first-order valence-electron chi connectivity index (χ1n) is 10.1. The van der Waals surface area contributed by atoms with Crippen LogP contribution in [0.5, 0.6) is 0 Å². The highest BCUT2D eigenvalue weighted by Gasteiger charge is 2.52. The van der Waals surface area contributed by atoms with Crippen LogP contribution in [0.1, 0.15) is 61.1 Å². The van der Waals surface area contributed by atoms with Crippen molar-refractivity contribution in [3.63, 3.8) is 0 Å². The standard InChI is InChI=1S/C28H28O/c1-19(2)21-13-7-9-15-23(21)28(24-16-10-8-14-22(24)20(3)4)26-18-12-11-17-25(26)27(5,6)29-28/h7-18H,1,3H2,2,4-6H3. The average molecular weight is 381 g/mol. The molecule has 29 heavy (non-hydrogen) atoms. The van der Waals surface area contributed by atoms with Crippen LogP contribution in [0.2, 0.25) is 0 Å². The van der Waals surface area contributed by atoms with Gasteiger partial charge in [0, 0.05) is 11.1 Å². The number of hydrogen-bond donors (Lipinski definition) is 0. The van der Waals surface area contributed by atoms with Gasteiger partial charge >= 0.3 is 0 Å². The van der Waals surface area contributed by atoms with Crippen molar-refractivity contribution in [3.05, 3.63) is 119 Å². The summed E-state index contributed by atoms with van der Waals surface area (Å²) in [6.07, 6.45) is 0. The van der Waals surface area contributed by atoms with Crippen LogP contribution in [0.4, 0.5) is 0 Å². The van der Waals surface area contributed by atoms with Crippen molar-refractivity contribution in [2.75, 3.05) is 0 Å². The molecule has 0 unspecified atom stereocenters. The van der Waals surface area contributed by atoms with Crippen LogP contribution in [-0.4, -0.2) is 0 Å². The molecule has 1 nitrogen and oxygen atoms in total. The zero-order chi connectivity index (χ0) is 20.8. The fraction of sp³-hybridized carbons (Fsp3) is 0.214. The third-order valence-corrected chi connectivity index (χ3v) is 5.90. The van der Waals surface area contributed by atoms with Gasteiger partial charge in [-0.2, -0.15) is 0 Å². The van der Waals surface area contributed by atoms with Crippen molar-refractivity contribution in [1.29, 1.82) is 0 Å². The van der Waals surface area contributed by atoms with Gasteiger partial charge in [0.1, 0.15) is 5.60 Å². The molecule has 0 spiro atoms. The van der Waals surface area contributed by atoms with Gasteiger partial charge in [-0.25, -0.2) is 0 Å². The van der Waals surface area contributed by atoms with Gasteiger partial charge in [-0.05, 0) is 49.9 Å². The summed E-state index contributed by atoms with van der Waals surface area (Å²) in [5, 5.41) is 0. The van der Waals surface area contributed by atoms with Gasteiger partial charge in [0.05, 0.1) is 5.60 Å². The van der Waals surface area contributed by atoms with Crippen molar-refractivity contribution < 1.29 is 4.74 Å². The Hall–Kier alpha value is -2.90. The smallest absolute Gasteiger partial charge is 0.146 e. The van der Waals surface area contributed by atoms with Gasteiger partial charge < -0.3 is 4.74 Å². The minimum atomic E-state index is -0.731. The van der Waals surface area contributed by atoms with Crippen molar-refractivity contribution in [2.45, 2.75) is 38.9 Å². The molecule has 0 amide bonds. The molecule has 0 aliphatic carbocycles. The van der Waals surface area contributed by atoms with Crippen molar-refractivity contribution in [1.82, 2.24) is 0 Å². The second kappa shape index (κ2) is 6.86. The lowest BCUT2D eigenvalue weighted by Crippen LogP contribution is -2.34. The van der Waals surface area contributed by atoms with Gasteiger partial charge in [-0.3, -0.25) is 0 Å². The Morgan fingerprint density at radius 2 is 1.00 bits per heavy atom. The number of rotatable bonds is 4. The lowest BCUT2D eigenvalue weighted by atomic mass is 9.74. The lowest BCUT2D eigenvalue weighted by Gasteiger charge is -2.37. The van der Waals surface area contributed by atoms with E-state index in [0.717, 1.165) is 33.4 Å². The molecule has 0 saturated carbocycles. The molecule has 3 aromatic rings. The van der Waals surface area contributed by atoms with Gasteiger partial charge in [-0.15, -0.1) is 0 Å². The van der Waals surface area contributed by atoms with E-state index in [1.807, 2.05) is 0 Å². The molecule has 0 radical (unpaired) electrons. The third kappa shape index (κ3) is 2.89. The predicted octanol–water partition coefficient (Wildman–Crippen LogP) is 7.31. The zero-order valence-corrected chi connectivity index (χ0v) is 17.8. The molecule has 1 heteroatoms. The fourth-order valence-corrected chi connectivity index (χ4v) is 4.68. The molecular formula is C28H28O. The number of ether oxygens (including phenoxy) is 1. The maximum absolute atomic E-state index is 7.08. The molecular weight excluding hydrogens is 352 g/mol. The van der Waals surface area contributed by atoms with E-state index in [4.69, 9.17) is 4.74 Å². The highest BCUT2D eigenvalue weighted by Crippen LogP contribution is 2.56. The normalized spacial score (nSPS) is 16.3. The Bertz CT molecular complexity index is 1060. The number of fused-ring (bicyclic) bond motifs is 1. The second-order valence-corrected chi connectivity index (χ2v) is 8.49. The first kappa shape index (κ1) is 19.4. The van der Waals surface area contributed by atoms with Crippen LogP contribution < -0.4 is 0 Å². The average Bonchev–Trinajstić information content (AvgIpc) is 2.96. The van der Waals surface area contributed by atoms with Crippen LogP contribution in [0.3, 0.4) is 0 Å². The minimum Gasteiger partial charge on any atom is -0.350 e. The zero-order valence-electron chi connectivity index (χ0n) is 17.8. The van der Waals surface area contributed by atoms with E-state index >= 15 is 0 Å². The largest absolute Gasteiger partial charge is 0.350 e. The number of hydrogen-bond acceptors (Lipinski definition) is 1. The molecule has 3 aromatic carbocycles. The summed E-state index contributed by atoms with van der Waals surface area (Å²) in [6, 6.07) is 25.5. The topological polar surface area (TPSA) is 9.23 Å². The van der Waals surface area contributed by atoms with E-state index < -0.39 is 11.2 Å². The molecule has 1 aliphatic rings. The molecule has 146 valence electrons. The monoisotopic (exact) mass is 380 g/mol. The minimum absolute atomic E-state index is 0.430. The van der Waals surface area contributed by atoms with Gasteiger partial charge in [0.25, 0.3) is 0 Å². The van der Waals surface area contributed by atoms with Crippen molar-refractivity contribution in [3.8, 4) is 0 Å². The summed E-state index contributed by atoms with van der Waals surface area (Å²) in [7, 11) is 0. The van der Waals surface area contributed by atoms with Crippen LogP contribution in [0.15, 0.2) is 86.0 Å². The summed E-state index contributed by atoms with van der Waals surface area (Å²) in [4.78, 5) is 0. The van der Waals surface area contributed by atoms with Gasteiger partial charge in [0.2, 0.25) is 0 Å². The number of benzene rings is 3. The molecule has 0 bridgehead atoms. The Balaban J connectivity index is 2.18. The quantitative estimate of drug-likeness (QED) is 0.461. The third-order valence-electron chi connectivity index (χ3n) is 5.90. The fourth-order valence-electron chi connectivity index (χ4n) is 4.68. The van der Waals surface area contributed by atoms with E-state index in [9.17, 15) is 0 Å². The molecule has 0 saturated heterocycles. The molecule has 0 fully saturated rings. The Morgan fingerprint density at radius 1 is 0.621 bits per heavy atom. The molecule has 0 N–H and O–H groups in total. The van der Waals surface area contributed by atoms with E-state index in [1.165, 1.54) is 11.1 Å². The van der Waals surface area contributed by atoms with Crippen molar-refractivity contribution >= 4 is 11.1 Å². The Kier molecular flexibility index (Phi) is 4.59. The molecule has 4 rings (SSSR count). The maximum atomic E-state index is 7.08. The lowest BCUT2D eigenvalue weighted by molar-refractivity contribution is -0.0805. The van der Waals surface area contributed by atoms with Crippen LogP contribution >= 0.6 is 0 Å². The van der Waals surface area contributed by atoms with E-state index in [0.29, 0.717) is 0 Å².